The molecule has 0 heterocycles. The lowest BCUT2D eigenvalue weighted by Crippen LogP contribution is -2.20. The second-order valence-electron chi connectivity index (χ2n) is 7.46. The number of carbonyl (C=O) groups excluding carboxylic acids is 1. The van der Waals surface area contributed by atoms with Gasteiger partial charge in [-0.3, -0.25) is 4.79 Å². The highest BCUT2D eigenvalue weighted by atomic mass is 19.1. The molecule has 0 N–H and O–H groups in total. The van der Waals surface area contributed by atoms with Crippen LogP contribution in [0.15, 0.2) is 78.9 Å². The fourth-order valence-corrected chi connectivity index (χ4v) is 2.99. The maximum Gasteiger partial charge on any atom is 0.313 e. The van der Waals surface area contributed by atoms with Gasteiger partial charge in [-0.15, -0.1) is 0 Å². The van der Waals surface area contributed by atoms with E-state index in [0.717, 1.165) is 17.4 Å². The molecule has 3 nitrogen and oxygen atoms in total. The Morgan fingerprint density at radius 2 is 1.68 bits per heavy atom. The molecule has 0 saturated carbocycles. The van der Waals surface area contributed by atoms with Crippen LogP contribution in [-0.2, 0) is 16.1 Å². The summed E-state index contributed by atoms with van der Waals surface area (Å²) in [7, 11) is 0. The van der Waals surface area contributed by atoms with Crippen LogP contribution in [0.25, 0.3) is 6.08 Å². The molecule has 0 aliphatic rings. The van der Waals surface area contributed by atoms with Gasteiger partial charge in [-0.25, -0.2) is 8.78 Å². The Morgan fingerprint density at radius 3 is 2.39 bits per heavy atom. The van der Waals surface area contributed by atoms with Crippen molar-refractivity contribution in [2.45, 2.75) is 20.5 Å². The molecule has 0 saturated heterocycles. The molecule has 0 aliphatic heterocycles. The quantitative estimate of drug-likeness (QED) is 0.375. The molecular formula is C26H24F2O3. The number of hydrogen-bond acceptors (Lipinski definition) is 3. The molecule has 3 rings (SSSR count). The Morgan fingerprint density at radius 1 is 0.935 bits per heavy atom. The van der Waals surface area contributed by atoms with Crippen LogP contribution in [0.4, 0.5) is 8.78 Å². The Bertz CT molecular complexity index is 1050. The summed E-state index contributed by atoms with van der Waals surface area (Å²) in [6.45, 7) is 3.85. The van der Waals surface area contributed by atoms with E-state index in [1.54, 1.807) is 6.08 Å². The molecule has 160 valence electrons. The first kappa shape index (κ1) is 22.2. The lowest BCUT2D eigenvalue weighted by Gasteiger charge is -2.16. The van der Waals surface area contributed by atoms with E-state index in [1.807, 2.05) is 68.4 Å². The maximum absolute atomic E-state index is 13.8. The zero-order valence-corrected chi connectivity index (χ0v) is 17.4. The van der Waals surface area contributed by atoms with Gasteiger partial charge in [-0.2, -0.15) is 0 Å². The number of esters is 1. The summed E-state index contributed by atoms with van der Waals surface area (Å²) in [4.78, 5) is 12.6. The normalized spacial score (nSPS) is 12.2. The lowest BCUT2D eigenvalue weighted by molar-refractivity contribution is -0.149. The van der Waals surface area contributed by atoms with Crippen molar-refractivity contribution in [3.05, 3.63) is 102 Å². The standard InChI is InChI=1S/C26H24F2O3/c1-18(2)24(14-12-20-11-13-21(27)16-25(20)28)26(29)30-17-19-7-6-10-23(15-19)31-22-8-4-3-5-9-22/h3-16,18,24H,17H2,1-2H3. The van der Waals surface area contributed by atoms with Crippen LogP contribution in [0.1, 0.15) is 25.0 Å². The van der Waals surface area contributed by atoms with Crippen LogP contribution in [0.3, 0.4) is 0 Å². The van der Waals surface area contributed by atoms with Gasteiger partial charge in [0, 0.05) is 11.6 Å². The second kappa shape index (κ2) is 10.5. The van der Waals surface area contributed by atoms with Crippen molar-refractivity contribution in [1.29, 1.82) is 0 Å². The van der Waals surface area contributed by atoms with Crippen LogP contribution in [-0.4, -0.2) is 5.97 Å². The monoisotopic (exact) mass is 422 g/mol. The molecular weight excluding hydrogens is 398 g/mol. The molecule has 31 heavy (non-hydrogen) atoms. The highest BCUT2D eigenvalue weighted by Gasteiger charge is 2.21. The molecule has 1 atom stereocenters. The van der Waals surface area contributed by atoms with Gasteiger partial charge in [0.05, 0.1) is 5.92 Å². The summed E-state index contributed by atoms with van der Waals surface area (Å²) in [5, 5.41) is 0. The van der Waals surface area contributed by atoms with E-state index < -0.39 is 23.5 Å². The van der Waals surface area contributed by atoms with E-state index in [0.29, 0.717) is 5.75 Å². The van der Waals surface area contributed by atoms with E-state index in [2.05, 4.69) is 0 Å². The minimum atomic E-state index is -0.678. The Kier molecular flexibility index (Phi) is 7.55. The molecule has 0 amide bonds. The first-order valence-electron chi connectivity index (χ1n) is 10.0. The van der Waals surface area contributed by atoms with Gasteiger partial charge in [0.2, 0.25) is 0 Å². The van der Waals surface area contributed by atoms with E-state index >= 15 is 0 Å². The van der Waals surface area contributed by atoms with Crippen molar-refractivity contribution in [1.82, 2.24) is 0 Å². The van der Waals surface area contributed by atoms with Crippen molar-refractivity contribution in [3.8, 4) is 11.5 Å². The number of rotatable bonds is 8. The van der Waals surface area contributed by atoms with E-state index in [4.69, 9.17) is 9.47 Å². The van der Waals surface area contributed by atoms with Gasteiger partial charge < -0.3 is 9.47 Å². The number of halogens is 2. The molecule has 0 radical (unpaired) electrons. The number of hydrogen-bond donors (Lipinski definition) is 0. The van der Waals surface area contributed by atoms with Crippen molar-refractivity contribution in [2.24, 2.45) is 11.8 Å². The van der Waals surface area contributed by atoms with Gasteiger partial charge in [0.1, 0.15) is 29.7 Å². The third-order valence-electron chi connectivity index (χ3n) is 4.69. The topological polar surface area (TPSA) is 35.5 Å². The van der Waals surface area contributed by atoms with Crippen LogP contribution in [0.5, 0.6) is 11.5 Å². The van der Waals surface area contributed by atoms with Crippen molar-refractivity contribution >= 4 is 12.0 Å². The molecule has 0 aromatic heterocycles. The summed E-state index contributed by atoms with van der Waals surface area (Å²) >= 11 is 0. The van der Waals surface area contributed by atoms with Crippen molar-refractivity contribution < 1.29 is 23.0 Å². The minimum Gasteiger partial charge on any atom is -0.460 e. The van der Waals surface area contributed by atoms with Gasteiger partial charge in [0.15, 0.2) is 0 Å². The van der Waals surface area contributed by atoms with Crippen LogP contribution in [0.2, 0.25) is 0 Å². The molecule has 0 bridgehead atoms. The predicted molar refractivity (Wildman–Crippen MR) is 116 cm³/mol. The largest absolute Gasteiger partial charge is 0.460 e. The smallest absolute Gasteiger partial charge is 0.313 e. The average Bonchev–Trinajstić information content (AvgIpc) is 2.74. The molecule has 1 unspecified atom stereocenters. The fourth-order valence-electron chi connectivity index (χ4n) is 2.99. The summed E-state index contributed by atoms with van der Waals surface area (Å²) in [5.74, 6) is -0.992. The van der Waals surface area contributed by atoms with Crippen LogP contribution >= 0.6 is 0 Å². The Hall–Kier alpha value is -3.47. The summed E-state index contributed by atoms with van der Waals surface area (Å²) in [6.07, 6.45) is 3.08. The lowest BCUT2D eigenvalue weighted by atomic mass is 9.94. The van der Waals surface area contributed by atoms with Crippen LogP contribution in [0, 0.1) is 23.5 Å². The van der Waals surface area contributed by atoms with Crippen molar-refractivity contribution in [3.63, 3.8) is 0 Å². The molecule has 0 aliphatic carbocycles. The van der Waals surface area contributed by atoms with E-state index in [9.17, 15) is 13.6 Å². The molecule has 3 aromatic carbocycles. The van der Waals surface area contributed by atoms with Gasteiger partial charge in [-0.1, -0.05) is 56.3 Å². The van der Waals surface area contributed by atoms with Gasteiger partial charge in [-0.05, 0) is 47.9 Å². The fraction of sp³-hybridized carbons (Fsp3) is 0.192. The van der Waals surface area contributed by atoms with Crippen LogP contribution < -0.4 is 4.74 Å². The average molecular weight is 422 g/mol. The summed E-state index contributed by atoms with van der Waals surface area (Å²) < 4.78 is 38.2. The summed E-state index contributed by atoms with van der Waals surface area (Å²) in [5.41, 5.74) is 1.00. The Labute approximate surface area is 180 Å². The predicted octanol–water partition coefficient (Wildman–Crippen LogP) is 6.79. The maximum atomic E-state index is 13.8. The minimum absolute atomic E-state index is 0.0555. The molecule has 3 aromatic rings. The first-order valence-corrected chi connectivity index (χ1v) is 10.0. The van der Waals surface area contributed by atoms with Gasteiger partial charge in [0.25, 0.3) is 0 Å². The molecule has 0 spiro atoms. The second-order valence-corrected chi connectivity index (χ2v) is 7.46. The SMILES string of the molecule is CC(C)C(C=Cc1ccc(F)cc1F)C(=O)OCc1cccc(Oc2ccccc2)c1. The first-order chi connectivity index (χ1) is 14.9. The third kappa shape index (κ3) is 6.51. The number of para-hydroxylation sites is 1. The highest BCUT2D eigenvalue weighted by Crippen LogP contribution is 2.23. The molecule has 5 heteroatoms. The number of benzene rings is 3. The number of ether oxygens (including phenoxy) is 2. The summed E-state index contributed by atoms with van der Waals surface area (Å²) in [6, 6.07) is 20.0. The van der Waals surface area contributed by atoms with E-state index in [-0.39, 0.29) is 18.1 Å². The highest BCUT2D eigenvalue weighted by molar-refractivity contribution is 5.76. The molecule has 0 fully saturated rings. The Balaban J connectivity index is 1.63. The third-order valence-corrected chi connectivity index (χ3v) is 4.69. The zero-order valence-electron chi connectivity index (χ0n) is 17.4. The number of carbonyl (C=O) groups is 1. The van der Waals surface area contributed by atoms with E-state index in [1.165, 1.54) is 18.2 Å². The van der Waals surface area contributed by atoms with Crippen molar-refractivity contribution in [2.75, 3.05) is 0 Å². The van der Waals surface area contributed by atoms with Gasteiger partial charge >= 0.3 is 5.97 Å². The zero-order chi connectivity index (χ0) is 22.2.